The third-order valence-electron chi connectivity index (χ3n) is 33.6. The average molecular weight is 1290 g/mol. The largest absolute Gasteiger partial charge is 0.469 e. The summed E-state index contributed by atoms with van der Waals surface area (Å²) >= 11 is 0. The van der Waals surface area contributed by atoms with Crippen molar-refractivity contribution in [1.82, 2.24) is 10.2 Å². The Morgan fingerprint density at radius 1 is 0.895 bits per heavy atom. The summed E-state index contributed by atoms with van der Waals surface area (Å²) in [7, 11) is 0. The number of Topliss-reactive ketones (excluding diaryl/α,β-unsaturated/α-hetero) is 1. The maximum Gasteiger partial charge on any atom is 0.339 e. The number of aliphatic hydroxyl groups is 3. The number of epoxide rings is 1. The minimum Gasteiger partial charge on any atom is -0.469 e. The van der Waals surface area contributed by atoms with Crippen LogP contribution in [0.4, 0.5) is 0 Å². The minimum absolute atomic E-state index is 0.0112. The summed E-state index contributed by atoms with van der Waals surface area (Å²) in [5.74, 6) is 6.62. The Labute approximate surface area is 559 Å². The monoisotopic (exact) mass is 1290 g/mol. The van der Waals surface area contributed by atoms with Crippen molar-refractivity contribution in [2.24, 2.45) is 127 Å². The van der Waals surface area contributed by atoms with Crippen molar-refractivity contribution in [3.63, 3.8) is 0 Å². The third-order valence-corrected chi connectivity index (χ3v) is 33.6. The molecule has 7 aliphatic heterocycles. The van der Waals surface area contributed by atoms with Gasteiger partial charge in [-0.2, -0.15) is 0 Å². The van der Waals surface area contributed by atoms with Crippen LogP contribution >= 0.6 is 0 Å². The van der Waals surface area contributed by atoms with E-state index in [-0.39, 0.29) is 77.5 Å². The lowest BCUT2D eigenvalue weighted by atomic mass is 9.28. The molecule has 14 fully saturated rings. The van der Waals surface area contributed by atoms with Crippen LogP contribution in [0.1, 0.15) is 166 Å². The van der Waals surface area contributed by atoms with Crippen LogP contribution in [-0.4, -0.2) is 106 Å². The SMILES string of the molecule is CC1C2CCCCC2C=CC12C=CCC13OC45C(=CC21)CC1CC2(CCCC2)CC12CC1CC6(C)C7(c8ccoc8CC(C(O)CO)C8CCC9C(C=CN%10CNCC9%10)C8)CC#CC8CCC(Cc9ccccc9)CC8C8(C(O)C(=O)C3C4(COC(=O)C25)C18)C61OC1C(=O)O7. The van der Waals surface area contributed by atoms with E-state index in [1.54, 1.807) is 6.26 Å². The maximum absolute atomic E-state index is 18.2. The number of nitrogens with one attached hydrogen (secondary N) is 1. The van der Waals surface area contributed by atoms with Gasteiger partial charge in [0, 0.05) is 52.7 Å². The van der Waals surface area contributed by atoms with Crippen molar-refractivity contribution >= 4 is 17.7 Å². The molecule has 2 aromatic rings. The number of nitrogens with zero attached hydrogens (tertiary/aromatic N) is 1. The molecule has 29 atom stereocenters. The maximum atomic E-state index is 18.2. The number of furan rings is 1. The molecule has 13 nitrogen and oxygen atoms in total. The summed E-state index contributed by atoms with van der Waals surface area (Å²) < 4.78 is 38.5. The standard InChI is InChI=1S/C82H98N2O11/c1-46-56-16-7-6-14-49(56)21-29-75(46)26-11-27-78-64(75)36-54-35-55-40-74(24-8-9-25-74)43-76(55)39-53-38-73(2)79(59-23-31-91-63(59)37-58(62(86)42-85)51-19-20-57-52(34-51)22-30-84-45-83-41-61(57)84)28-10-15-50-18-17-48(32-47-12-4-3-5-13-47)33-60(50)80(82(73)70(93-82)72(90)94-79)66(53)77(67(78)65(87)69(80)88)44-92-71(89)68(76)81(54,77)95-78/h3-5,11-13,21-23,26,29-31,36,46,48-53,55-58,60-62,64,66-70,83,85-86,88H,6-9,14,16-20,24-25,27-28,32-35,37-45H2,1-2H3. The number of allylic oxidation sites excluding steroid dienone is 4. The summed E-state index contributed by atoms with van der Waals surface area (Å²) in [6, 6.07) is 13.3. The Hall–Kier alpha value is -4.81. The highest BCUT2D eigenvalue weighted by atomic mass is 16.7. The van der Waals surface area contributed by atoms with Crippen LogP contribution in [0.15, 0.2) is 95.3 Å². The van der Waals surface area contributed by atoms with Crippen molar-refractivity contribution in [2.75, 3.05) is 26.4 Å². The summed E-state index contributed by atoms with van der Waals surface area (Å²) in [6.45, 7) is 6.26. The van der Waals surface area contributed by atoms with Crippen LogP contribution in [0.25, 0.3) is 0 Å². The van der Waals surface area contributed by atoms with Gasteiger partial charge in [-0.25, -0.2) is 4.79 Å². The minimum atomic E-state index is -1.60. The van der Waals surface area contributed by atoms with Gasteiger partial charge in [-0.1, -0.05) is 118 Å². The second-order valence-electron chi connectivity index (χ2n) is 36.2. The zero-order valence-corrected chi connectivity index (χ0v) is 55.8. The number of hydrogen-bond donors (Lipinski definition) is 4. The van der Waals surface area contributed by atoms with Gasteiger partial charge in [-0.3, -0.25) is 14.9 Å². The van der Waals surface area contributed by atoms with E-state index in [0.717, 1.165) is 83.8 Å². The smallest absolute Gasteiger partial charge is 0.339 e. The fourth-order valence-electron chi connectivity index (χ4n) is 30.8. The van der Waals surface area contributed by atoms with Crippen molar-refractivity contribution in [3.05, 3.63) is 108 Å². The van der Waals surface area contributed by atoms with E-state index < -0.39 is 104 Å². The number of esters is 2. The molecule has 4 N–H and O–H groups in total. The van der Waals surface area contributed by atoms with Gasteiger partial charge in [0.15, 0.2) is 17.5 Å². The summed E-state index contributed by atoms with van der Waals surface area (Å²) in [5, 5.41) is 42.3. The summed E-state index contributed by atoms with van der Waals surface area (Å²) in [5.41, 5.74) is -6.84. The van der Waals surface area contributed by atoms with Gasteiger partial charge in [0.05, 0.1) is 54.9 Å². The molecule has 9 bridgehead atoms. The normalized spacial score (nSPS) is 53.0. The molecule has 5 saturated heterocycles. The van der Waals surface area contributed by atoms with Gasteiger partial charge in [0.25, 0.3) is 0 Å². The quantitative estimate of drug-likeness (QED) is 0.0849. The molecule has 13 heteroatoms. The number of aliphatic hydroxyl groups excluding tert-OH is 3. The first-order valence-corrected chi connectivity index (χ1v) is 38.2. The molecule has 1 aromatic heterocycles. The van der Waals surface area contributed by atoms with E-state index in [1.807, 2.05) is 6.07 Å². The first kappa shape index (κ1) is 59.1. The highest BCUT2D eigenvalue weighted by molar-refractivity contribution is 5.94. The van der Waals surface area contributed by atoms with Gasteiger partial charge in [0.1, 0.15) is 29.7 Å². The van der Waals surface area contributed by atoms with Gasteiger partial charge >= 0.3 is 11.9 Å². The number of ketones is 1. The van der Waals surface area contributed by atoms with Crippen LogP contribution in [-0.2, 0) is 51.8 Å². The molecule has 9 saturated carbocycles. The fraction of sp³-hybridized carbons (Fsp3) is 0.720. The van der Waals surface area contributed by atoms with E-state index in [1.165, 1.54) is 49.7 Å². The van der Waals surface area contributed by atoms with Gasteiger partial charge in [-0.15, -0.1) is 0 Å². The van der Waals surface area contributed by atoms with Gasteiger partial charge < -0.3 is 43.6 Å². The Morgan fingerprint density at radius 3 is 2.62 bits per heavy atom. The van der Waals surface area contributed by atoms with Crippen LogP contribution in [0.3, 0.4) is 0 Å². The van der Waals surface area contributed by atoms with Crippen molar-refractivity contribution < 1.29 is 53.1 Å². The van der Waals surface area contributed by atoms with E-state index in [2.05, 4.69) is 109 Å². The predicted molar refractivity (Wildman–Crippen MR) is 350 cm³/mol. The molecule has 502 valence electrons. The van der Waals surface area contributed by atoms with Crippen LogP contribution in [0.5, 0.6) is 0 Å². The fourth-order valence-corrected chi connectivity index (χ4v) is 30.8. The van der Waals surface area contributed by atoms with Crippen molar-refractivity contribution in [3.8, 4) is 11.8 Å². The van der Waals surface area contributed by atoms with E-state index in [4.69, 9.17) is 23.4 Å². The van der Waals surface area contributed by atoms with E-state index in [0.29, 0.717) is 73.1 Å². The Morgan fingerprint density at radius 2 is 1.76 bits per heavy atom. The number of rotatable bonds is 8. The number of ether oxygens (including phenoxy) is 4. The molecule has 12 aliphatic carbocycles. The zero-order valence-electron chi connectivity index (χ0n) is 55.8. The van der Waals surface area contributed by atoms with Crippen LogP contribution in [0.2, 0.25) is 0 Å². The predicted octanol–water partition coefficient (Wildman–Crippen LogP) is 11.3. The Balaban J connectivity index is 0.797. The van der Waals surface area contributed by atoms with Crippen molar-refractivity contribution in [2.45, 2.75) is 208 Å². The molecular weight excluding hydrogens is 1190 g/mol. The Kier molecular flexibility index (Phi) is 12.2. The number of carbonyl (C=O) groups excluding carboxylic acids is 3. The van der Waals surface area contributed by atoms with Crippen LogP contribution < -0.4 is 5.32 Å². The molecule has 8 heterocycles. The molecule has 95 heavy (non-hydrogen) atoms. The molecular formula is C82H98N2O11. The molecule has 1 aromatic carbocycles. The molecule has 8 spiro atoms. The second-order valence-corrected chi connectivity index (χ2v) is 36.2. The van der Waals surface area contributed by atoms with E-state index >= 15 is 19.5 Å². The number of carbonyl (C=O) groups is 3. The number of fused-ring (bicyclic) bond motifs is 6. The first-order chi connectivity index (χ1) is 46.1. The number of cyclic esters (lactones) is 1. The lowest BCUT2D eigenvalue weighted by Crippen LogP contribution is -2.84. The second kappa shape index (κ2) is 19.6. The zero-order chi connectivity index (χ0) is 63.8. The topological polar surface area (TPSA) is 181 Å². The first-order valence-electron chi connectivity index (χ1n) is 38.2. The lowest BCUT2D eigenvalue weighted by molar-refractivity contribution is -0.315. The van der Waals surface area contributed by atoms with Crippen molar-refractivity contribution in [1.29, 1.82) is 0 Å². The highest BCUT2D eigenvalue weighted by Crippen LogP contribution is 2.92. The number of benzene rings is 1. The molecule has 21 rings (SSSR count). The molecule has 0 amide bonds. The van der Waals surface area contributed by atoms with Gasteiger partial charge in [0.2, 0.25) is 0 Å². The van der Waals surface area contributed by atoms with Crippen LogP contribution in [0, 0.1) is 139 Å². The molecule has 19 aliphatic rings. The third kappa shape index (κ3) is 6.78. The molecule has 0 radical (unpaired) electrons. The summed E-state index contributed by atoms with van der Waals surface area (Å²) in [6.07, 6.45) is 35.7. The average Bonchev–Trinajstić information content (AvgIpc) is 1.42. The van der Waals surface area contributed by atoms with Gasteiger partial charge in [-0.05, 0) is 214 Å². The summed E-state index contributed by atoms with van der Waals surface area (Å²) in [4.78, 5) is 53.5. The molecule has 29 unspecified atom stereocenters. The van der Waals surface area contributed by atoms with E-state index in [9.17, 15) is 10.2 Å². The Bertz CT molecular complexity index is 3820. The lowest BCUT2D eigenvalue weighted by Gasteiger charge is -2.74. The highest BCUT2D eigenvalue weighted by Gasteiger charge is 3.00. The number of hydrogen-bond acceptors (Lipinski definition) is 13.